The number of carbonyl (C=O) groups is 1. The van der Waals surface area contributed by atoms with Gasteiger partial charge in [0, 0.05) is 5.56 Å². The topological polar surface area (TPSA) is 40.1 Å². The average molecular weight is 270 g/mol. The maximum Gasteiger partial charge on any atom is 1.00 e. The van der Waals surface area contributed by atoms with E-state index in [2.05, 4.69) is 0 Å². The molecule has 2 nitrogen and oxygen atoms in total. The Labute approximate surface area is 131 Å². The number of carboxylic acids is 1. The Kier molecular flexibility index (Phi) is 5.23. The van der Waals surface area contributed by atoms with Gasteiger partial charge < -0.3 is 9.90 Å². The van der Waals surface area contributed by atoms with Crippen molar-refractivity contribution in [3.8, 4) is 11.1 Å². The molecule has 19 heavy (non-hydrogen) atoms. The third-order valence-corrected chi connectivity index (χ3v) is 2.59. The summed E-state index contributed by atoms with van der Waals surface area (Å²) < 4.78 is 26.6. The van der Waals surface area contributed by atoms with Crippen LogP contribution in [0.25, 0.3) is 11.1 Å². The molecule has 92 valence electrons. The molecule has 0 radical (unpaired) electrons. The number of hydrogen-bond acceptors (Lipinski definition) is 2. The summed E-state index contributed by atoms with van der Waals surface area (Å²) in [6.45, 7) is 0. The smallest absolute Gasteiger partial charge is 0.544 e. The first-order chi connectivity index (χ1) is 8.51. The van der Waals surface area contributed by atoms with E-state index in [1.807, 2.05) is 6.07 Å². The molecule has 2 aromatic rings. The molecule has 0 bridgehead atoms. The molecule has 0 fully saturated rings. The summed E-state index contributed by atoms with van der Waals surface area (Å²) in [6.07, 6.45) is 0. The summed E-state index contributed by atoms with van der Waals surface area (Å²) in [6, 6.07) is 14.2. The van der Waals surface area contributed by atoms with Gasteiger partial charge >= 0.3 is 35.5 Å². The van der Waals surface area contributed by atoms with Crippen LogP contribution in [0.15, 0.2) is 54.6 Å². The molecule has 0 unspecified atom stereocenters. The molecule has 5 heteroatoms. The largest absolute Gasteiger partial charge is 1.00 e. The predicted molar refractivity (Wildman–Crippen MR) is 60.8 cm³/mol. The zero-order valence-electron chi connectivity index (χ0n) is 10.3. The van der Waals surface area contributed by atoms with Crippen LogP contribution in [0.2, 0.25) is 0 Å². The molecule has 0 amide bonds. The van der Waals surface area contributed by atoms with E-state index < -0.39 is 17.5 Å². The minimum atomic E-state index is -3.98. The van der Waals surface area contributed by atoms with Crippen molar-refractivity contribution in [2.24, 2.45) is 0 Å². The Morgan fingerprint density at radius 2 is 1.53 bits per heavy atom. The van der Waals surface area contributed by atoms with Crippen LogP contribution in [0, 0.1) is 0 Å². The Bertz CT molecular complexity index is 571. The van der Waals surface area contributed by atoms with Crippen LogP contribution in [0.4, 0.5) is 8.78 Å². The normalized spacial score (nSPS) is 10.6. The zero-order chi connectivity index (χ0) is 13.2. The van der Waals surface area contributed by atoms with E-state index in [1.54, 1.807) is 30.3 Å². The molecular weight excluding hydrogens is 261 g/mol. The van der Waals surface area contributed by atoms with Gasteiger partial charge in [0.1, 0.15) is 5.97 Å². The first kappa shape index (κ1) is 15.8. The van der Waals surface area contributed by atoms with Crippen molar-refractivity contribution in [1.29, 1.82) is 0 Å². The van der Waals surface area contributed by atoms with Gasteiger partial charge in [0.2, 0.25) is 0 Å². The molecule has 0 aliphatic rings. The third kappa shape index (κ3) is 3.41. The standard InChI is InChI=1S/C14H10F2O2.Na/c15-14(16,13(17)18)12-8-4-7-11(9-12)10-5-2-1-3-6-10;/h1-9H,(H,17,18);/q;+1/p-1. The van der Waals surface area contributed by atoms with E-state index in [9.17, 15) is 18.7 Å². The van der Waals surface area contributed by atoms with Gasteiger partial charge in [-0.25, -0.2) is 0 Å². The number of halogens is 2. The summed E-state index contributed by atoms with van der Waals surface area (Å²) in [7, 11) is 0. The molecule has 0 aliphatic carbocycles. The van der Waals surface area contributed by atoms with Gasteiger partial charge in [-0.1, -0.05) is 48.5 Å². The van der Waals surface area contributed by atoms with E-state index in [0.29, 0.717) is 5.56 Å². The average Bonchev–Trinajstić information content (AvgIpc) is 2.40. The van der Waals surface area contributed by atoms with Crippen molar-refractivity contribution in [3.63, 3.8) is 0 Å². The molecule has 2 aromatic carbocycles. The maximum atomic E-state index is 13.3. The molecule has 0 heterocycles. The number of benzene rings is 2. The number of carbonyl (C=O) groups excluding carboxylic acids is 1. The third-order valence-electron chi connectivity index (χ3n) is 2.59. The minimum absolute atomic E-state index is 0. The fourth-order valence-corrected chi connectivity index (χ4v) is 1.64. The Hall–Kier alpha value is -1.23. The fourth-order valence-electron chi connectivity index (χ4n) is 1.64. The zero-order valence-corrected chi connectivity index (χ0v) is 12.3. The first-order valence-electron chi connectivity index (χ1n) is 5.27. The second kappa shape index (κ2) is 6.28. The van der Waals surface area contributed by atoms with Crippen molar-refractivity contribution >= 4 is 5.97 Å². The van der Waals surface area contributed by atoms with Crippen molar-refractivity contribution in [3.05, 3.63) is 60.2 Å². The first-order valence-corrected chi connectivity index (χ1v) is 5.27. The molecule has 0 N–H and O–H groups in total. The summed E-state index contributed by atoms with van der Waals surface area (Å²) in [5.74, 6) is -6.38. The molecule has 0 saturated carbocycles. The minimum Gasteiger partial charge on any atom is -0.544 e. The monoisotopic (exact) mass is 270 g/mol. The molecule has 0 aromatic heterocycles. The van der Waals surface area contributed by atoms with Crippen LogP contribution >= 0.6 is 0 Å². The predicted octanol–water partition coefficient (Wildman–Crippen LogP) is -0.801. The van der Waals surface area contributed by atoms with Gasteiger partial charge in [-0.2, -0.15) is 8.78 Å². The van der Waals surface area contributed by atoms with Crippen molar-refractivity contribution in [2.75, 3.05) is 0 Å². The Morgan fingerprint density at radius 1 is 0.947 bits per heavy atom. The van der Waals surface area contributed by atoms with Gasteiger partial charge in [-0.3, -0.25) is 0 Å². The van der Waals surface area contributed by atoms with E-state index >= 15 is 0 Å². The quantitative estimate of drug-likeness (QED) is 0.685. The van der Waals surface area contributed by atoms with E-state index in [4.69, 9.17) is 0 Å². The van der Waals surface area contributed by atoms with Gasteiger partial charge in [0.15, 0.2) is 0 Å². The summed E-state index contributed by atoms with van der Waals surface area (Å²) >= 11 is 0. The van der Waals surface area contributed by atoms with Crippen LogP contribution in [-0.2, 0) is 10.7 Å². The maximum absolute atomic E-state index is 13.3. The van der Waals surface area contributed by atoms with Crippen LogP contribution in [0.3, 0.4) is 0 Å². The number of hydrogen-bond donors (Lipinski definition) is 0. The summed E-state index contributed by atoms with van der Waals surface area (Å²) in [5, 5.41) is 10.4. The van der Waals surface area contributed by atoms with Gasteiger partial charge in [0.25, 0.3) is 0 Å². The van der Waals surface area contributed by atoms with Crippen LogP contribution in [-0.4, -0.2) is 5.97 Å². The van der Waals surface area contributed by atoms with Crippen LogP contribution in [0.1, 0.15) is 5.56 Å². The fraction of sp³-hybridized carbons (Fsp3) is 0.0714. The molecule has 0 saturated heterocycles. The summed E-state index contributed by atoms with van der Waals surface area (Å²) in [5.41, 5.74) is 0.700. The molecule has 0 spiro atoms. The van der Waals surface area contributed by atoms with Crippen LogP contribution in [0.5, 0.6) is 0 Å². The van der Waals surface area contributed by atoms with Crippen molar-refractivity contribution in [1.82, 2.24) is 0 Å². The number of aliphatic carboxylic acids is 1. The number of carboxylic acid groups (broad SMARTS) is 1. The molecule has 0 aliphatic heterocycles. The van der Waals surface area contributed by atoms with Gasteiger partial charge in [-0.15, -0.1) is 0 Å². The van der Waals surface area contributed by atoms with Gasteiger partial charge in [0.05, 0.1) is 0 Å². The SMILES string of the molecule is O=C([O-])C(F)(F)c1cccc(-c2ccccc2)c1.[Na+]. The number of rotatable bonds is 3. The molecular formula is C14H9F2NaO2. The van der Waals surface area contributed by atoms with Crippen molar-refractivity contribution in [2.45, 2.75) is 5.92 Å². The van der Waals surface area contributed by atoms with E-state index in [-0.39, 0.29) is 29.6 Å². The summed E-state index contributed by atoms with van der Waals surface area (Å²) in [4.78, 5) is 10.4. The number of alkyl halides is 2. The van der Waals surface area contributed by atoms with E-state index in [1.165, 1.54) is 6.07 Å². The van der Waals surface area contributed by atoms with Crippen molar-refractivity contribution < 1.29 is 48.2 Å². The Morgan fingerprint density at radius 3 is 2.11 bits per heavy atom. The molecule has 0 atom stereocenters. The second-order valence-electron chi connectivity index (χ2n) is 3.81. The van der Waals surface area contributed by atoms with E-state index in [0.717, 1.165) is 17.7 Å². The van der Waals surface area contributed by atoms with Crippen LogP contribution < -0.4 is 34.7 Å². The molecule has 2 rings (SSSR count). The Balaban J connectivity index is 0.00000180. The second-order valence-corrected chi connectivity index (χ2v) is 3.81. The van der Waals surface area contributed by atoms with Gasteiger partial charge in [-0.05, 0) is 17.2 Å².